The first kappa shape index (κ1) is 12.5. The largest absolute Gasteiger partial charge is 0.362 e. The van der Waals surface area contributed by atoms with Crippen molar-refractivity contribution in [1.29, 1.82) is 0 Å². The number of anilines is 1. The fourth-order valence-electron chi connectivity index (χ4n) is 1.66. The molecule has 0 aromatic heterocycles. The normalized spacial score (nSPS) is 22.4. The Hall–Kier alpha value is -1.91. The molecule has 1 aliphatic rings. The number of benzene rings is 1. The summed E-state index contributed by atoms with van der Waals surface area (Å²) in [7, 11) is 1.42. The monoisotopic (exact) mass is 245 g/mol. The van der Waals surface area contributed by atoms with Crippen LogP contribution in [0.4, 0.5) is 5.69 Å². The predicted molar refractivity (Wildman–Crippen MR) is 68.9 cm³/mol. The molecule has 1 aromatic carbocycles. The van der Waals surface area contributed by atoms with Gasteiger partial charge in [-0.1, -0.05) is 24.3 Å². The second-order valence-corrected chi connectivity index (χ2v) is 4.07. The highest BCUT2D eigenvalue weighted by molar-refractivity contribution is 6.05. The third kappa shape index (κ3) is 2.85. The topological polar surface area (TPSA) is 58.6 Å². The van der Waals surface area contributed by atoms with Crippen LogP contribution in [0, 0.1) is 0 Å². The number of carbonyl (C=O) groups excluding carboxylic acids is 1. The van der Waals surface area contributed by atoms with Crippen molar-refractivity contribution in [1.82, 2.24) is 0 Å². The van der Waals surface area contributed by atoms with E-state index in [1.807, 2.05) is 30.3 Å². The third-order valence-electron chi connectivity index (χ3n) is 2.79. The van der Waals surface area contributed by atoms with Crippen molar-refractivity contribution in [2.45, 2.75) is 12.2 Å². The molecule has 0 bridgehead atoms. The molecule has 0 spiro atoms. The summed E-state index contributed by atoms with van der Waals surface area (Å²) < 4.78 is 4.92. The van der Waals surface area contributed by atoms with Gasteiger partial charge < -0.3 is 15.2 Å². The van der Waals surface area contributed by atoms with E-state index in [0.29, 0.717) is 5.57 Å². The van der Waals surface area contributed by atoms with E-state index in [-0.39, 0.29) is 12.3 Å². The number of hydrogen-bond acceptors (Lipinski definition) is 3. The number of amides is 1. The highest BCUT2D eigenvalue weighted by Crippen LogP contribution is 2.22. The molecule has 0 radical (unpaired) electrons. The third-order valence-corrected chi connectivity index (χ3v) is 2.79. The zero-order valence-electron chi connectivity index (χ0n) is 10.1. The lowest BCUT2D eigenvalue weighted by Gasteiger charge is -2.24. The summed E-state index contributed by atoms with van der Waals surface area (Å²) in [4.78, 5) is 11.9. The molecule has 0 fully saturated rings. The lowest BCUT2D eigenvalue weighted by molar-refractivity contribution is -0.143. The Bertz CT molecular complexity index is 493. The minimum absolute atomic E-state index is 0.199. The fraction of sp³-hybridized carbons (Fsp3) is 0.214. The number of ether oxygens (including phenoxy) is 1. The Kier molecular flexibility index (Phi) is 3.60. The van der Waals surface area contributed by atoms with Crippen molar-refractivity contribution >= 4 is 11.6 Å². The molecule has 1 aliphatic carbocycles. The van der Waals surface area contributed by atoms with E-state index >= 15 is 0 Å². The summed E-state index contributed by atoms with van der Waals surface area (Å²) in [6.45, 7) is 0. The van der Waals surface area contributed by atoms with Gasteiger partial charge >= 0.3 is 0 Å². The van der Waals surface area contributed by atoms with Crippen LogP contribution in [0.2, 0.25) is 0 Å². The van der Waals surface area contributed by atoms with Gasteiger partial charge in [-0.25, -0.2) is 0 Å². The van der Waals surface area contributed by atoms with E-state index in [9.17, 15) is 9.90 Å². The molecular weight excluding hydrogens is 230 g/mol. The van der Waals surface area contributed by atoms with Gasteiger partial charge in [-0.05, 0) is 24.3 Å². The summed E-state index contributed by atoms with van der Waals surface area (Å²) in [5, 5.41) is 12.6. The van der Waals surface area contributed by atoms with E-state index in [2.05, 4.69) is 5.32 Å². The number of hydrogen-bond donors (Lipinski definition) is 2. The molecule has 1 amide bonds. The SMILES string of the molecule is COC1(O)C=CC(C(=O)Nc2ccccc2)=CC1. The molecule has 0 aliphatic heterocycles. The van der Waals surface area contributed by atoms with Gasteiger partial charge in [0.15, 0.2) is 5.79 Å². The maximum atomic E-state index is 11.9. The highest BCUT2D eigenvalue weighted by Gasteiger charge is 2.25. The molecule has 18 heavy (non-hydrogen) atoms. The van der Waals surface area contributed by atoms with Crippen LogP contribution in [0.3, 0.4) is 0 Å². The minimum Gasteiger partial charge on any atom is -0.362 e. The molecule has 2 N–H and O–H groups in total. The fourth-order valence-corrected chi connectivity index (χ4v) is 1.66. The number of para-hydroxylation sites is 1. The van der Waals surface area contributed by atoms with E-state index in [4.69, 9.17) is 4.74 Å². The summed E-state index contributed by atoms with van der Waals surface area (Å²) in [5.74, 6) is -1.49. The number of carbonyl (C=O) groups is 1. The average Bonchev–Trinajstić information content (AvgIpc) is 2.40. The van der Waals surface area contributed by atoms with Gasteiger partial charge in [-0.2, -0.15) is 0 Å². The van der Waals surface area contributed by atoms with Gasteiger partial charge in [0, 0.05) is 24.8 Å². The Morgan fingerprint density at radius 1 is 1.39 bits per heavy atom. The van der Waals surface area contributed by atoms with E-state index in [1.165, 1.54) is 13.2 Å². The second kappa shape index (κ2) is 5.16. The molecular formula is C14H15NO3. The summed E-state index contributed by atoms with van der Waals surface area (Å²) >= 11 is 0. The van der Waals surface area contributed by atoms with Crippen molar-refractivity contribution < 1.29 is 14.6 Å². The molecule has 2 rings (SSSR count). The minimum atomic E-state index is -1.30. The molecule has 4 nitrogen and oxygen atoms in total. The van der Waals surface area contributed by atoms with Crippen LogP contribution in [0.15, 0.2) is 54.1 Å². The Labute approximate surface area is 106 Å². The standard InChI is InChI=1S/C14H15NO3/c1-18-14(17)9-7-11(8-10-14)13(16)15-12-5-3-2-4-6-12/h2-9,17H,10H2,1H3,(H,15,16). The van der Waals surface area contributed by atoms with E-state index < -0.39 is 5.79 Å². The van der Waals surface area contributed by atoms with E-state index in [0.717, 1.165) is 5.69 Å². The van der Waals surface area contributed by atoms with Gasteiger partial charge in [0.25, 0.3) is 5.91 Å². The maximum absolute atomic E-state index is 11.9. The molecule has 0 heterocycles. The first-order valence-electron chi connectivity index (χ1n) is 5.66. The lowest BCUT2D eigenvalue weighted by Crippen LogP contribution is -2.30. The van der Waals surface area contributed by atoms with Gasteiger partial charge in [-0.3, -0.25) is 4.79 Å². The van der Waals surface area contributed by atoms with Crippen molar-refractivity contribution in [2.24, 2.45) is 0 Å². The van der Waals surface area contributed by atoms with Gasteiger partial charge in [0.05, 0.1) is 0 Å². The quantitative estimate of drug-likeness (QED) is 0.799. The molecule has 1 aromatic rings. The molecule has 94 valence electrons. The van der Waals surface area contributed by atoms with Crippen LogP contribution in [0.1, 0.15) is 6.42 Å². The number of nitrogens with one attached hydrogen (secondary N) is 1. The van der Waals surface area contributed by atoms with Gasteiger partial charge in [0.2, 0.25) is 0 Å². The van der Waals surface area contributed by atoms with Crippen LogP contribution >= 0.6 is 0 Å². The van der Waals surface area contributed by atoms with Crippen molar-refractivity contribution in [3.63, 3.8) is 0 Å². The van der Waals surface area contributed by atoms with Crippen LogP contribution in [0.25, 0.3) is 0 Å². The first-order chi connectivity index (χ1) is 8.63. The van der Waals surface area contributed by atoms with Crippen molar-refractivity contribution in [3.05, 3.63) is 54.1 Å². The van der Waals surface area contributed by atoms with Gasteiger partial charge in [0.1, 0.15) is 0 Å². The molecule has 0 saturated heterocycles. The number of rotatable bonds is 3. The molecule has 1 atom stereocenters. The van der Waals surface area contributed by atoms with Crippen molar-refractivity contribution in [2.75, 3.05) is 12.4 Å². The summed E-state index contributed by atoms with van der Waals surface area (Å²) in [5.41, 5.74) is 1.25. The molecule has 4 heteroatoms. The zero-order chi connectivity index (χ0) is 13.0. The number of aliphatic hydroxyl groups is 1. The smallest absolute Gasteiger partial charge is 0.255 e. The van der Waals surface area contributed by atoms with Crippen molar-refractivity contribution in [3.8, 4) is 0 Å². The Morgan fingerprint density at radius 3 is 2.67 bits per heavy atom. The predicted octanol–water partition coefficient (Wildman–Crippen LogP) is 1.85. The molecule has 0 saturated carbocycles. The molecule has 1 unspecified atom stereocenters. The Morgan fingerprint density at radius 2 is 2.11 bits per heavy atom. The maximum Gasteiger partial charge on any atom is 0.255 e. The number of methoxy groups -OCH3 is 1. The second-order valence-electron chi connectivity index (χ2n) is 4.07. The van der Waals surface area contributed by atoms with Crippen LogP contribution in [-0.4, -0.2) is 23.9 Å². The lowest BCUT2D eigenvalue weighted by atomic mass is 10.0. The van der Waals surface area contributed by atoms with Crippen LogP contribution in [0.5, 0.6) is 0 Å². The summed E-state index contributed by atoms with van der Waals surface area (Å²) in [6, 6.07) is 9.22. The van der Waals surface area contributed by atoms with Gasteiger partial charge in [-0.15, -0.1) is 0 Å². The van der Waals surface area contributed by atoms with Crippen LogP contribution < -0.4 is 5.32 Å². The van der Waals surface area contributed by atoms with E-state index in [1.54, 1.807) is 12.2 Å². The zero-order valence-corrected chi connectivity index (χ0v) is 10.1. The Balaban J connectivity index is 2.02. The average molecular weight is 245 g/mol. The van der Waals surface area contributed by atoms with Crippen LogP contribution in [-0.2, 0) is 9.53 Å². The highest BCUT2D eigenvalue weighted by atomic mass is 16.6. The first-order valence-corrected chi connectivity index (χ1v) is 5.66. The summed E-state index contributed by atoms with van der Waals surface area (Å²) in [6.07, 6.45) is 4.96.